The average molecular weight is 671 g/mol. The Balaban J connectivity index is 1.47. The molecule has 4 rings (SSSR count). The van der Waals surface area contributed by atoms with Gasteiger partial charge in [0.2, 0.25) is 0 Å². The van der Waals surface area contributed by atoms with Gasteiger partial charge in [-0.3, -0.25) is 4.79 Å². The summed E-state index contributed by atoms with van der Waals surface area (Å²) in [6, 6.07) is -4.28. The molecule has 268 valence electrons. The number of carbonyl (C=O) groups is 1. The molecule has 4 fully saturated rings. The van der Waals surface area contributed by atoms with E-state index in [0.717, 1.165) is 0 Å². The minimum Gasteiger partial charge on any atom is -0.394 e. The van der Waals surface area contributed by atoms with Crippen LogP contribution in [0.3, 0.4) is 0 Å². The van der Waals surface area contributed by atoms with Crippen LogP contribution in [-0.4, -0.2) is 184 Å². The van der Waals surface area contributed by atoms with Gasteiger partial charge in [0.25, 0.3) is 0 Å². The van der Waals surface area contributed by atoms with E-state index in [9.17, 15) is 40.5 Å². The Bertz CT molecular complexity index is 991. The highest BCUT2D eigenvalue weighted by atomic mass is 16.8. The van der Waals surface area contributed by atoms with Crippen molar-refractivity contribution in [3.8, 4) is 0 Å². The third-order valence-corrected chi connectivity index (χ3v) is 8.86. The van der Waals surface area contributed by atoms with Crippen LogP contribution in [0.4, 0.5) is 0 Å². The molecule has 0 unspecified atom stereocenters. The van der Waals surface area contributed by atoms with Crippen molar-refractivity contribution in [3.05, 3.63) is 0 Å². The number of ketones is 1. The molecule has 18 N–H and O–H groups in total. The molecule has 0 bridgehead atoms. The molecule has 0 aromatic carbocycles. The van der Waals surface area contributed by atoms with Crippen molar-refractivity contribution in [1.29, 1.82) is 0 Å². The van der Waals surface area contributed by atoms with E-state index in [1.54, 1.807) is 0 Å². The van der Waals surface area contributed by atoms with Crippen molar-refractivity contribution in [3.63, 3.8) is 0 Å². The lowest BCUT2D eigenvalue weighted by Gasteiger charge is -2.47. The molecule has 0 aromatic heterocycles. The third-order valence-electron chi connectivity index (χ3n) is 8.86. The minimum absolute atomic E-state index is 0.0129. The van der Waals surface area contributed by atoms with Crippen LogP contribution < -0.4 is 34.0 Å². The summed E-state index contributed by atoms with van der Waals surface area (Å²) >= 11 is 0. The van der Waals surface area contributed by atoms with Gasteiger partial charge in [0.1, 0.15) is 72.9 Å². The molecule has 0 radical (unpaired) electrons. The number of hydrogen-bond acceptors (Lipinski definition) is 20. The van der Waals surface area contributed by atoms with Crippen molar-refractivity contribution in [2.75, 3.05) is 26.2 Å². The predicted octanol–water partition coefficient (Wildman–Crippen LogP) is -8.68. The lowest BCUT2D eigenvalue weighted by Crippen LogP contribution is -2.68. The normalized spacial score (nSPS) is 50.1. The maximum atomic E-state index is 11.3. The summed E-state index contributed by atoms with van der Waals surface area (Å²) in [5, 5.41) is 76.7. The summed E-state index contributed by atoms with van der Waals surface area (Å²) in [7, 11) is 0. The lowest BCUT2D eigenvalue weighted by atomic mass is 9.84. The van der Waals surface area contributed by atoms with Gasteiger partial charge in [-0.05, 0) is 13.3 Å². The van der Waals surface area contributed by atoms with Crippen molar-refractivity contribution in [1.82, 2.24) is 5.32 Å². The number of rotatable bonds is 12. The molecule has 4 aliphatic rings. The van der Waals surface area contributed by atoms with Gasteiger partial charge in [-0.25, -0.2) is 0 Å². The summed E-state index contributed by atoms with van der Waals surface area (Å²) in [5.41, 5.74) is 30.2. The van der Waals surface area contributed by atoms with Gasteiger partial charge in [0.05, 0.1) is 31.3 Å². The van der Waals surface area contributed by atoms with Gasteiger partial charge in [0.15, 0.2) is 18.9 Å². The smallest absolute Gasteiger partial charge is 0.187 e. The van der Waals surface area contributed by atoms with Crippen molar-refractivity contribution < 1.29 is 69.0 Å². The fourth-order valence-corrected chi connectivity index (χ4v) is 6.11. The van der Waals surface area contributed by atoms with E-state index in [2.05, 4.69) is 5.32 Å². The molecule has 3 aliphatic heterocycles. The highest BCUT2D eigenvalue weighted by Crippen LogP contribution is 2.34. The van der Waals surface area contributed by atoms with Gasteiger partial charge >= 0.3 is 0 Å². The summed E-state index contributed by atoms with van der Waals surface area (Å²) in [6.45, 7) is 0.476. The summed E-state index contributed by atoms with van der Waals surface area (Å²) in [4.78, 5) is 11.3. The van der Waals surface area contributed by atoms with Crippen LogP contribution in [-0.2, 0) is 33.2 Å². The molecule has 19 atom stereocenters. The van der Waals surface area contributed by atoms with Gasteiger partial charge in [0, 0.05) is 25.2 Å². The highest BCUT2D eigenvalue weighted by molar-refractivity contribution is 5.77. The number of aliphatic hydroxyl groups excluding tert-OH is 7. The third kappa shape index (κ3) is 8.03. The summed E-state index contributed by atoms with van der Waals surface area (Å²) in [5.74, 6) is -0.165. The zero-order chi connectivity index (χ0) is 34.0. The molecule has 0 amide bonds. The minimum atomic E-state index is -1.64. The Hall–Kier alpha value is -1.09. The Kier molecular flexibility index (Phi) is 13.2. The number of hydrogen-bond donors (Lipinski definition) is 13. The summed E-state index contributed by atoms with van der Waals surface area (Å²) < 4.78 is 35.0. The van der Waals surface area contributed by atoms with Crippen LogP contribution >= 0.6 is 0 Å². The van der Waals surface area contributed by atoms with Crippen LogP contribution in [0.2, 0.25) is 0 Å². The first kappa shape index (κ1) is 37.7. The first-order valence-corrected chi connectivity index (χ1v) is 15.2. The lowest BCUT2D eigenvalue weighted by molar-refractivity contribution is -0.307. The topological polar surface area (TPSA) is 356 Å². The van der Waals surface area contributed by atoms with E-state index in [1.807, 2.05) is 0 Å². The number of aliphatic hydroxyl groups is 7. The molecule has 1 saturated carbocycles. The van der Waals surface area contributed by atoms with Crippen LogP contribution in [0.5, 0.6) is 0 Å². The number of nitrogens with one attached hydrogen (secondary N) is 1. The van der Waals surface area contributed by atoms with E-state index >= 15 is 0 Å². The quantitative estimate of drug-likeness (QED) is 0.0916. The maximum Gasteiger partial charge on any atom is 0.187 e. The van der Waals surface area contributed by atoms with Crippen LogP contribution in [0.25, 0.3) is 0 Å². The summed E-state index contributed by atoms with van der Waals surface area (Å²) in [6.07, 6.45) is -20.2. The largest absolute Gasteiger partial charge is 0.394 e. The van der Waals surface area contributed by atoms with Gasteiger partial charge in [-0.15, -0.1) is 0 Å². The maximum absolute atomic E-state index is 11.3. The van der Waals surface area contributed by atoms with Crippen molar-refractivity contribution in [2.45, 2.75) is 130 Å². The number of carbonyl (C=O) groups excluding carboxylic acids is 1. The zero-order valence-corrected chi connectivity index (χ0v) is 25.4. The van der Waals surface area contributed by atoms with Crippen LogP contribution in [0.1, 0.15) is 13.3 Å². The zero-order valence-electron chi connectivity index (χ0n) is 25.4. The monoisotopic (exact) mass is 670 g/mol. The van der Waals surface area contributed by atoms with Crippen LogP contribution in [0.15, 0.2) is 0 Å². The molecule has 0 spiro atoms. The predicted molar refractivity (Wildman–Crippen MR) is 153 cm³/mol. The molecule has 20 nitrogen and oxygen atoms in total. The van der Waals surface area contributed by atoms with E-state index < -0.39 is 123 Å². The van der Waals surface area contributed by atoms with E-state index in [4.69, 9.17) is 57.1 Å². The Morgan fingerprint density at radius 2 is 1.22 bits per heavy atom. The fraction of sp³-hybridized carbons (Fsp3) is 0.962. The Morgan fingerprint density at radius 3 is 1.78 bits per heavy atom. The fourth-order valence-electron chi connectivity index (χ4n) is 6.11. The Morgan fingerprint density at radius 1 is 0.696 bits per heavy atom. The number of Topliss-reactive ketones (excluding diaryl/α,β-unsaturated/α-hetero) is 1. The average Bonchev–Trinajstić information content (AvgIpc) is 3.31. The van der Waals surface area contributed by atoms with E-state index in [-0.39, 0.29) is 31.8 Å². The van der Waals surface area contributed by atoms with Crippen molar-refractivity contribution >= 4 is 5.78 Å². The SMILES string of the molecule is CC(=O)CNC[C@@H]1O[C@H](O[C@H]2[C@@H](O)[C@H](O[C@@H]3[C@@H](O)[C@H](N)C[C@H](N)[C@H]3O[C@H]3O[C@H](CN)[C@@H](O)[C@H](O)[C@H]3N)O[C@@H]2CO)[C@H](N)[C@@H](O)[C@@H]1O. The number of nitrogens with two attached hydrogens (primary N) is 5. The highest BCUT2D eigenvalue weighted by Gasteiger charge is 2.54. The molecule has 0 aromatic rings. The van der Waals surface area contributed by atoms with Crippen LogP contribution in [0, 0.1) is 0 Å². The van der Waals surface area contributed by atoms with Gasteiger partial charge in [-0.2, -0.15) is 0 Å². The molecule has 3 heterocycles. The van der Waals surface area contributed by atoms with Gasteiger partial charge in [-0.1, -0.05) is 0 Å². The molecular formula is C26H50N6O14. The van der Waals surface area contributed by atoms with E-state index in [1.165, 1.54) is 6.92 Å². The molecule has 1 aliphatic carbocycles. The second-order valence-corrected chi connectivity index (χ2v) is 12.3. The first-order valence-electron chi connectivity index (χ1n) is 15.2. The first-order chi connectivity index (χ1) is 21.7. The number of ether oxygens (including phenoxy) is 6. The second-order valence-electron chi connectivity index (χ2n) is 12.3. The van der Waals surface area contributed by atoms with Crippen molar-refractivity contribution in [2.24, 2.45) is 28.7 Å². The van der Waals surface area contributed by atoms with E-state index in [0.29, 0.717) is 0 Å². The second kappa shape index (κ2) is 16.1. The standard InChI is InChI=1S/C26H50N6O14/c1-7(34)4-32-5-11-17(37)19(39)14(31)25(42-11)45-22-12(6-33)43-26(20(22)40)46-23-15(35)8(28)2-9(29)21(23)44-24-13(30)18(38)16(36)10(3-27)41-24/h8-26,32-33,35-40H,2-6,27-31H2,1H3/t8-,9+,10-,11+,12-,13-,14-,15+,16-,17-,18-,19-,20-,21-,22-,23-,24-,25-,26+/m1/s1. The molecule has 3 saturated heterocycles. The molecule has 46 heavy (non-hydrogen) atoms. The molecule has 20 heteroatoms. The molecular weight excluding hydrogens is 620 g/mol. The Labute approximate surface area is 264 Å². The van der Waals surface area contributed by atoms with Gasteiger partial charge < -0.3 is 98.2 Å².